The van der Waals surface area contributed by atoms with Crippen LogP contribution in [0.25, 0.3) is 0 Å². The van der Waals surface area contributed by atoms with Gasteiger partial charge in [0.1, 0.15) is 0 Å². The molecule has 3 unspecified atom stereocenters. The number of ether oxygens (including phenoxy) is 2. The summed E-state index contributed by atoms with van der Waals surface area (Å²) in [5, 5.41) is 3.24. The van der Waals surface area contributed by atoms with Gasteiger partial charge < -0.3 is 14.8 Å². The molecular formula is C20H29NO3. The molecule has 0 saturated heterocycles. The number of carbonyl (C=O) groups excluding carboxylic acids is 1. The molecule has 132 valence electrons. The van der Waals surface area contributed by atoms with E-state index in [1.165, 1.54) is 12.8 Å². The Bertz CT molecular complexity index is 572. The van der Waals surface area contributed by atoms with E-state index in [0.717, 1.165) is 42.2 Å². The summed E-state index contributed by atoms with van der Waals surface area (Å²) in [7, 11) is 0. The number of hydrogen-bond acceptors (Lipinski definition) is 3. The number of hydrogen-bond donors (Lipinski definition) is 1. The third-order valence-corrected chi connectivity index (χ3v) is 5.23. The second kappa shape index (κ2) is 7.91. The molecule has 4 heteroatoms. The Morgan fingerprint density at radius 1 is 1.17 bits per heavy atom. The first-order valence-corrected chi connectivity index (χ1v) is 9.29. The second-order valence-corrected chi connectivity index (χ2v) is 7.40. The molecule has 0 radical (unpaired) electrons. The van der Waals surface area contributed by atoms with Gasteiger partial charge in [0.25, 0.3) is 0 Å². The molecular weight excluding hydrogens is 302 g/mol. The van der Waals surface area contributed by atoms with E-state index in [-0.39, 0.29) is 5.91 Å². The molecule has 0 spiro atoms. The lowest BCUT2D eigenvalue weighted by atomic mass is 9.80. The van der Waals surface area contributed by atoms with E-state index in [1.807, 2.05) is 18.2 Å². The van der Waals surface area contributed by atoms with E-state index < -0.39 is 0 Å². The Labute approximate surface area is 144 Å². The molecule has 1 heterocycles. The van der Waals surface area contributed by atoms with Crippen LogP contribution in [0, 0.1) is 11.8 Å². The topological polar surface area (TPSA) is 47.6 Å². The van der Waals surface area contributed by atoms with E-state index >= 15 is 0 Å². The summed E-state index contributed by atoms with van der Waals surface area (Å²) in [5.74, 6) is 3.14. The smallest absolute Gasteiger partial charge is 0.220 e. The van der Waals surface area contributed by atoms with Crippen molar-refractivity contribution in [1.29, 1.82) is 0 Å². The van der Waals surface area contributed by atoms with Gasteiger partial charge in [-0.2, -0.15) is 0 Å². The highest BCUT2D eigenvalue weighted by Crippen LogP contribution is 2.31. The van der Waals surface area contributed by atoms with Crippen LogP contribution in [0.3, 0.4) is 0 Å². The van der Waals surface area contributed by atoms with Crippen LogP contribution < -0.4 is 14.8 Å². The molecule has 3 rings (SSSR count). The monoisotopic (exact) mass is 331 g/mol. The molecule has 2 aliphatic rings. The molecule has 1 saturated carbocycles. The predicted octanol–water partition coefficient (Wildman–Crippen LogP) is 3.72. The Hall–Kier alpha value is -1.71. The van der Waals surface area contributed by atoms with Gasteiger partial charge in [0.15, 0.2) is 11.5 Å². The highest BCUT2D eigenvalue weighted by molar-refractivity contribution is 5.76. The highest BCUT2D eigenvalue weighted by Gasteiger charge is 2.26. The van der Waals surface area contributed by atoms with Crippen LogP contribution in [0.1, 0.15) is 51.5 Å². The number of aryl methyl sites for hydroxylation is 1. The van der Waals surface area contributed by atoms with E-state index in [4.69, 9.17) is 9.47 Å². The normalized spacial score (nSPS) is 26.5. The zero-order valence-electron chi connectivity index (χ0n) is 14.8. The van der Waals surface area contributed by atoms with Crippen molar-refractivity contribution in [2.75, 3.05) is 13.2 Å². The fourth-order valence-electron chi connectivity index (χ4n) is 3.78. The summed E-state index contributed by atoms with van der Waals surface area (Å²) >= 11 is 0. The van der Waals surface area contributed by atoms with Crippen LogP contribution in [-0.4, -0.2) is 25.2 Å². The number of fused-ring (bicyclic) bond motifs is 1. The SMILES string of the molecule is CC1CCC(NC(=O)CCc2ccc3c(c2)OCCCO3)C(C)C1. The average Bonchev–Trinajstić information content (AvgIpc) is 2.80. The van der Waals surface area contributed by atoms with Crippen molar-refractivity contribution >= 4 is 5.91 Å². The predicted molar refractivity (Wildman–Crippen MR) is 94.5 cm³/mol. The first-order valence-electron chi connectivity index (χ1n) is 9.29. The van der Waals surface area contributed by atoms with Gasteiger partial charge in [0.2, 0.25) is 5.91 Å². The lowest BCUT2D eigenvalue weighted by Crippen LogP contribution is -2.42. The van der Waals surface area contributed by atoms with Gasteiger partial charge in [-0.15, -0.1) is 0 Å². The van der Waals surface area contributed by atoms with Crippen molar-refractivity contribution < 1.29 is 14.3 Å². The molecule has 1 aliphatic heterocycles. The Kier molecular flexibility index (Phi) is 5.64. The summed E-state index contributed by atoms with van der Waals surface area (Å²) in [4.78, 5) is 12.3. The second-order valence-electron chi connectivity index (χ2n) is 7.40. The molecule has 0 bridgehead atoms. The van der Waals surface area contributed by atoms with Gasteiger partial charge in [-0.05, 0) is 55.2 Å². The van der Waals surface area contributed by atoms with Gasteiger partial charge in [-0.1, -0.05) is 19.9 Å². The third kappa shape index (κ3) is 4.43. The lowest BCUT2D eigenvalue weighted by Gasteiger charge is -2.33. The van der Waals surface area contributed by atoms with E-state index in [2.05, 4.69) is 19.2 Å². The minimum absolute atomic E-state index is 0.161. The van der Waals surface area contributed by atoms with Crippen molar-refractivity contribution in [3.63, 3.8) is 0 Å². The van der Waals surface area contributed by atoms with Gasteiger partial charge >= 0.3 is 0 Å². The van der Waals surface area contributed by atoms with E-state index in [1.54, 1.807) is 0 Å². The van der Waals surface area contributed by atoms with Crippen LogP contribution >= 0.6 is 0 Å². The Morgan fingerprint density at radius 3 is 2.75 bits per heavy atom. The van der Waals surface area contributed by atoms with E-state index in [9.17, 15) is 4.79 Å². The maximum Gasteiger partial charge on any atom is 0.220 e. The molecule has 4 nitrogen and oxygen atoms in total. The molecule has 1 aliphatic carbocycles. The standard InChI is InChI=1S/C20H29NO3/c1-14-4-7-17(15(2)12-14)21-20(22)9-6-16-5-8-18-19(13-16)24-11-3-10-23-18/h5,8,13-15,17H,3-4,6-7,9-12H2,1-2H3,(H,21,22). The molecule has 1 aromatic rings. The summed E-state index contributed by atoms with van der Waals surface area (Å²) in [5.41, 5.74) is 1.12. The molecule has 24 heavy (non-hydrogen) atoms. The molecule has 1 fully saturated rings. The van der Waals surface area contributed by atoms with Crippen LogP contribution in [0.4, 0.5) is 0 Å². The van der Waals surface area contributed by atoms with Crippen molar-refractivity contribution in [3.8, 4) is 11.5 Å². The number of nitrogens with one attached hydrogen (secondary N) is 1. The van der Waals surface area contributed by atoms with E-state index in [0.29, 0.717) is 31.6 Å². The maximum atomic E-state index is 12.3. The minimum atomic E-state index is 0.161. The quantitative estimate of drug-likeness (QED) is 0.915. The van der Waals surface area contributed by atoms with Gasteiger partial charge in [-0.25, -0.2) is 0 Å². The van der Waals surface area contributed by atoms with Gasteiger partial charge in [0.05, 0.1) is 13.2 Å². The van der Waals surface area contributed by atoms with Gasteiger partial charge in [0, 0.05) is 18.9 Å². The zero-order chi connectivity index (χ0) is 16.9. The number of benzene rings is 1. The molecule has 1 amide bonds. The molecule has 1 aromatic carbocycles. The van der Waals surface area contributed by atoms with Crippen molar-refractivity contribution in [1.82, 2.24) is 5.32 Å². The Balaban J connectivity index is 1.50. The maximum absolute atomic E-state index is 12.3. The van der Waals surface area contributed by atoms with Crippen LogP contribution in [-0.2, 0) is 11.2 Å². The van der Waals surface area contributed by atoms with Crippen LogP contribution in [0.2, 0.25) is 0 Å². The number of amides is 1. The molecule has 1 N–H and O–H groups in total. The molecule has 3 atom stereocenters. The first-order chi connectivity index (χ1) is 11.6. The lowest BCUT2D eigenvalue weighted by molar-refractivity contribution is -0.122. The summed E-state index contributed by atoms with van der Waals surface area (Å²) in [6.45, 7) is 5.95. The summed E-state index contributed by atoms with van der Waals surface area (Å²) in [6, 6.07) is 6.35. The van der Waals surface area contributed by atoms with Crippen LogP contribution in [0.5, 0.6) is 11.5 Å². The molecule has 0 aromatic heterocycles. The Morgan fingerprint density at radius 2 is 1.96 bits per heavy atom. The zero-order valence-corrected chi connectivity index (χ0v) is 14.8. The largest absolute Gasteiger partial charge is 0.490 e. The summed E-state index contributed by atoms with van der Waals surface area (Å²) in [6.07, 6.45) is 5.71. The summed E-state index contributed by atoms with van der Waals surface area (Å²) < 4.78 is 11.4. The highest BCUT2D eigenvalue weighted by atomic mass is 16.5. The number of carbonyl (C=O) groups is 1. The first kappa shape index (κ1) is 17.1. The van der Waals surface area contributed by atoms with Crippen molar-refractivity contribution in [3.05, 3.63) is 23.8 Å². The fraction of sp³-hybridized carbons (Fsp3) is 0.650. The minimum Gasteiger partial charge on any atom is -0.490 e. The third-order valence-electron chi connectivity index (χ3n) is 5.23. The van der Waals surface area contributed by atoms with Crippen molar-refractivity contribution in [2.45, 2.75) is 58.4 Å². The fourth-order valence-corrected chi connectivity index (χ4v) is 3.78. The number of rotatable bonds is 4. The average molecular weight is 331 g/mol. The van der Waals surface area contributed by atoms with Crippen molar-refractivity contribution in [2.24, 2.45) is 11.8 Å². The van der Waals surface area contributed by atoms with Crippen LogP contribution in [0.15, 0.2) is 18.2 Å². The van der Waals surface area contributed by atoms with Gasteiger partial charge in [-0.3, -0.25) is 4.79 Å².